The van der Waals surface area contributed by atoms with Gasteiger partial charge in [0, 0.05) is 24.0 Å². The monoisotopic (exact) mass is 294 g/mol. The number of nitrogens with two attached hydrogens (primary N) is 1. The zero-order valence-corrected chi connectivity index (χ0v) is 14.1. The molecule has 3 nitrogen and oxygen atoms in total. The molecule has 0 aromatic carbocycles. The highest BCUT2D eigenvalue weighted by molar-refractivity contribution is 5.77. The summed E-state index contributed by atoms with van der Waals surface area (Å²) in [5.74, 6) is 0.368. The largest absolute Gasteiger partial charge is 0.337 e. The lowest BCUT2D eigenvalue weighted by molar-refractivity contribution is -0.138. The molecule has 0 saturated heterocycles. The van der Waals surface area contributed by atoms with E-state index in [0.717, 1.165) is 6.42 Å². The standard InChI is InChI=1S/C18H34N2O/c1-18(2,19)14-13-17(21)20(15-9-5-3-6-10-15)16-11-7-4-8-12-16/h15-16H,3-14,19H2,1-2H3. The topological polar surface area (TPSA) is 46.3 Å². The van der Waals surface area contributed by atoms with E-state index < -0.39 is 0 Å². The third kappa shape index (κ3) is 5.28. The summed E-state index contributed by atoms with van der Waals surface area (Å²) >= 11 is 0. The van der Waals surface area contributed by atoms with Gasteiger partial charge in [-0.1, -0.05) is 38.5 Å². The molecule has 0 unspecified atom stereocenters. The van der Waals surface area contributed by atoms with Crippen molar-refractivity contribution in [2.45, 2.75) is 109 Å². The summed E-state index contributed by atoms with van der Waals surface area (Å²) in [6, 6.07) is 1.02. The maximum atomic E-state index is 12.9. The first-order valence-corrected chi connectivity index (χ1v) is 9.07. The highest BCUT2D eigenvalue weighted by Gasteiger charge is 2.32. The third-order valence-corrected chi connectivity index (χ3v) is 5.21. The van der Waals surface area contributed by atoms with Crippen molar-refractivity contribution in [2.24, 2.45) is 5.73 Å². The van der Waals surface area contributed by atoms with E-state index in [4.69, 9.17) is 5.73 Å². The van der Waals surface area contributed by atoms with E-state index in [2.05, 4.69) is 4.90 Å². The highest BCUT2D eigenvalue weighted by Crippen LogP contribution is 2.31. The Hall–Kier alpha value is -0.570. The molecule has 2 saturated carbocycles. The van der Waals surface area contributed by atoms with Crippen molar-refractivity contribution >= 4 is 5.91 Å². The average molecular weight is 294 g/mol. The van der Waals surface area contributed by atoms with Crippen molar-refractivity contribution in [1.29, 1.82) is 0 Å². The fourth-order valence-corrected chi connectivity index (χ4v) is 3.98. The van der Waals surface area contributed by atoms with E-state index in [1.54, 1.807) is 0 Å². The summed E-state index contributed by atoms with van der Waals surface area (Å²) in [6.07, 6.45) is 14.2. The van der Waals surface area contributed by atoms with Gasteiger partial charge in [-0.3, -0.25) is 4.79 Å². The van der Waals surface area contributed by atoms with Crippen LogP contribution >= 0.6 is 0 Å². The minimum Gasteiger partial charge on any atom is -0.337 e. The zero-order chi connectivity index (χ0) is 15.3. The third-order valence-electron chi connectivity index (χ3n) is 5.21. The first-order chi connectivity index (χ1) is 9.97. The predicted molar refractivity (Wildman–Crippen MR) is 88.1 cm³/mol. The van der Waals surface area contributed by atoms with Gasteiger partial charge in [0.1, 0.15) is 0 Å². The second-order valence-corrected chi connectivity index (χ2v) is 7.87. The van der Waals surface area contributed by atoms with Gasteiger partial charge in [0.2, 0.25) is 5.91 Å². The molecule has 2 fully saturated rings. The molecular formula is C18H34N2O. The number of carbonyl (C=O) groups excluding carboxylic acids is 1. The van der Waals surface area contributed by atoms with Crippen molar-refractivity contribution in [3.8, 4) is 0 Å². The minimum atomic E-state index is -0.236. The van der Waals surface area contributed by atoms with Crippen LogP contribution in [0.15, 0.2) is 0 Å². The molecule has 2 aliphatic rings. The van der Waals surface area contributed by atoms with Crippen molar-refractivity contribution in [2.75, 3.05) is 0 Å². The molecule has 2 N–H and O–H groups in total. The fourth-order valence-electron chi connectivity index (χ4n) is 3.98. The predicted octanol–water partition coefficient (Wildman–Crippen LogP) is 4.00. The van der Waals surface area contributed by atoms with Crippen LogP contribution in [0.5, 0.6) is 0 Å². The van der Waals surface area contributed by atoms with Crippen LogP contribution in [-0.2, 0) is 4.79 Å². The zero-order valence-electron chi connectivity index (χ0n) is 14.1. The first kappa shape index (κ1) is 16.8. The Bertz CT molecular complexity index is 305. The van der Waals surface area contributed by atoms with Crippen LogP contribution in [0, 0.1) is 0 Å². The fraction of sp³-hybridized carbons (Fsp3) is 0.944. The second-order valence-electron chi connectivity index (χ2n) is 7.87. The molecule has 0 aromatic heterocycles. The van der Waals surface area contributed by atoms with Gasteiger partial charge in [-0.05, 0) is 46.0 Å². The van der Waals surface area contributed by atoms with Gasteiger partial charge in [0.25, 0.3) is 0 Å². The summed E-state index contributed by atoms with van der Waals surface area (Å²) in [5, 5.41) is 0. The number of amides is 1. The van der Waals surface area contributed by atoms with Crippen LogP contribution < -0.4 is 5.73 Å². The number of carbonyl (C=O) groups is 1. The molecule has 2 aliphatic carbocycles. The van der Waals surface area contributed by atoms with E-state index in [1.165, 1.54) is 64.2 Å². The molecule has 1 amide bonds. The van der Waals surface area contributed by atoms with Crippen molar-refractivity contribution < 1.29 is 4.79 Å². The number of hydrogen-bond donors (Lipinski definition) is 1. The number of hydrogen-bond acceptors (Lipinski definition) is 2. The van der Waals surface area contributed by atoms with Crippen molar-refractivity contribution in [3.05, 3.63) is 0 Å². The number of rotatable bonds is 5. The van der Waals surface area contributed by atoms with Gasteiger partial charge in [-0.2, -0.15) is 0 Å². The highest BCUT2D eigenvalue weighted by atomic mass is 16.2. The molecular weight excluding hydrogens is 260 g/mol. The van der Waals surface area contributed by atoms with Gasteiger partial charge >= 0.3 is 0 Å². The molecule has 0 heterocycles. The van der Waals surface area contributed by atoms with E-state index >= 15 is 0 Å². The summed E-state index contributed by atoms with van der Waals surface area (Å²) in [5.41, 5.74) is 5.83. The molecule has 0 radical (unpaired) electrons. The summed E-state index contributed by atoms with van der Waals surface area (Å²) < 4.78 is 0. The molecule has 2 rings (SSSR count). The van der Waals surface area contributed by atoms with E-state index in [1.807, 2.05) is 13.8 Å². The van der Waals surface area contributed by atoms with E-state index in [0.29, 0.717) is 24.4 Å². The molecule has 0 spiro atoms. The average Bonchev–Trinajstić information content (AvgIpc) is 2.47. The van der Waals surface area contributed by atoms with Crippen LogP contribution in [-0.4, -0.2) is 28.4 Å². The molecule has 3 heteroatoms. The van der Waals surface area contributed by atoms with Gasteiger partial charge in [-0.25, -0.2) is 0 Å². The molecule has 21 heavy (non-hydrogen) atoms. The Kier molecular flexibility index (Phi) is 6.09. The van der Waals surface area contributed by atoms with Crippen LogP contribution in [0.4, 0.5) is 0 Å². The van der Waals surface area contributed by atoms with Crippen LogP contribution in [0.3, 0.4) is 0 Å². The lowest BCUT2D eigenvalue weighted by Gasteiger charge is -2.42. The van der Waals surface area contributed by atoms with Crippen molar-refractivity contribution in [1.82, 2.24) is 4.90 Å². The quantitative estimate of drug-likeness (QED) is 0.833. The molecule has 122 valence electrons. The maximum absolute atomic E-state index is 12.9. The number of nitrogens with zero attached hydrogens (tertiary/aromatic N) is 1. The summed E-state index contributed by atoms with van der Waals surface area (Å²) in [4.78, 5) is 15.2. The summed E-state index contributed by atoms with van der Waals surface area (Å²) in [7, 11) is 0. The minimum absolute atomic E-state index is 0.236. The van der Waals surface area contributed by atoms with Crippen LogP contribution in [0.2, 0.25) is 0 Å². The second kappa shape index (κ2) is 7.62. The van der Waals surface area contributed by atoms with Gasteiger partial charge in [0.15, 0.2) is 0 Å². The Morgan fingerprint density at radius 3 is 1.76 bits per heavy atom. The Labute approximate surface area is 130 Å². The normalized spacial score (nSPS) is 22.2. The van der Waals surface area contributed by atoms with Crippen LogP contribution in [0.25, 0.3) is 0 Å². The SMILES string of the molecule is CC(C)(N)CCC(=O)N(C1CCCCC1)C1CCCCC1. The van der Waals surface area contributed by atoms with Gasteiger partial charge in [0.05, 0.1) is 0 Å². The van der Waals surface area contributed by atoms with E-state index in [-0.39, 0.29) is 5.54 Å². The molecule has 0 atom stereocenters. The molecule has 0 aromatic rings. The lowest BCUT2D eigenvalue weighted by atomic mass is 9.88. The summed E-state index contributed by atoms with van der Waals surface area (Å²) in [6.45, 7) is 4.04. The first-order valence-electron chi connectivity index (χ1n) is 9.07. The Balaban J connectivity index is 2.00. The molecule has 0 aliphatic heterocycles. The van der Waals surface area contributed by atoms with E-state index in [9.17, 15) is 4.79 Å². The van der Waals surface area contributed by atoms with Gasteiger partial charge in [-0.15, -0.1) is 0 Å². The molecule has 0 bridgehead atoms. The Morgan fingerprint density at radius 1 is 0.952 bits per heavy atom. The Morgan fingerprint density at radius 2 is 1.38 bits per heavy atom. The van der Waals surface area contributed by atoms with Crippen LogP contribution in [0.1, 0.15) is 90.9 Å². The smallest absolute Gasteiger partial charge is 0.223 e. The van der Waals surface area contributed by atoms with Gasteiger partial charge < -0.3 is 10.6 Å². The maximum Gasteiger partial charge on any atom is 0.223 e. The lowest BCUT2D eigenvalue weighted by Crippen LogP contribution is -2.49. The van der Waals surface area contributed by atoms with Crippen molar-refractivity contribution in [3.63, 3.8) is 0 Å².